The number of hydrogen-bond acceptors (Lipinski definition) is 3. The first-order valence-electron chi connectivity index (χ1n) is 10.7. The number of hydrogen-bond donors (Lipinski definition) is 2. The summed E-state index contributed by atoms with van der Waals surface area (Å²) in [5.74, 6) is 2.30. The summed E-state index contributed by atoms with van der Waals surface area (Å²) in [7, 11) is 2.20. The van der Waals surface area contributed by atoms with Crippen molar-refractivity contribution in [2.45, 2.75) is 57.9 Å². The number of rotatable bonds is 5. The number of carbonyl (C=O) groups excluding carboxylic acids is 1. The van der Waals surface area contributed by atoms with Crippen LogP contribution < -0.4 is 10.6 Å². The highest BCUT2D eigenvalue weighted by Crippen LogP contribution is 2.27. The lowest BCUT2D eigenvalue weighted by Gasteiger charge is -2.28. The SMILES string of the molecule is CCNC(=NCC1CCN(C)CC1)NC1CCN(C(=O)C2CCCC2)C1. The lowest BCUT2D eigenvalue weighted by atomic mass is 9.97. The highest BCUT2D eigenvalue weighted by atomic mass is 16.2. The average molecular weight is 364 g/mol. The molecule has 0 spiro atoms. The van der Waals surface area contributed by atoms with Crippen molar-refractivity contribution in [1.82, 2.24) is 20.4 Å². The van der Waals surface area contributed by atoms with Crippen LogP contribution in [0.25, 0.3) is 0 Å². The summed E-state index contributed by atoms with van der Waals surface area (Å²) in [5, 5.41) is 6.96. The topological polar surface area (TPSA) is 60.0 Å². The van der Waals surface area contributed by atoms with Crippen LogP contribution >= 0.6 is 0 Å². The van der Waals surface area contributed by atoms with E-state index in [1.807, 2.05) is 0 Å². The second-order valence-corrected chi connectivity index (χ2v) is 8.36. The Bertz CT molecular complexity index is 481. The van der Waals surface area contributed by atoms with Gasteiger partial charge in [0.1, 0.15) is 0 Å². The van der Waals surface area contributed by atoms with Crippen molar-refractivity contribution < 1.29 is 4.79 Å². The number of carbonyl (C=O) groups is 1. The summed E-state index contributed by atoms with van der Waals surface area (Å²) in [5.41, 5.74) is 0. The standard InChI is InChI=1S/C20H37N5O/c1-3-21-20(22-14-16-8-11-24(2)12-9-16)23-18-10-13-25(15-18)19(26)17-6-4-5-7-17/h16-18H,3-15H2,1-2H3,(H2,21,22,23). The van der Waals surface area contributed by atoms with Gasteiger partial charge in [0.15, 0.2) is 5.96 Å². The van der Waals surface area contributed by atoms with Gasteiger partial charge in [-0.25, -0.2) is 0 Å². The molecule has 1 saturated carbocycles. The fourth-order valence-corrected chi connectivity index (χ4v) is 4.49. The molecule has 6 heteroatoms. The number of piperidine rings is 1. The van der Waals surface area contributed by atoms with E-state index in [4.69, 9.17) is 4.99 Å². The third kappa shape index (κ3) is 5.35. The highest BCUT2D eigenvalue weighted by molar-refractivity contribution is 5.81. The van der Waals surface area contributed by atoms with Gasteiger partial charge in [-0.3, -0.25) is 9.79 Å². The van der Waals surface area contributed by atoms with E-state index in [9.17, 15) is 4.79 Å². The van der Waals surface area contributed by atoms with E-state index in [0.29, 0.717) is 23.8 Å². The second-order valence-electron chi connectivity index (χ2n) is 8.36. The van der Waals surface area contributed by atoms with Gasteiger partial charge in [0.25, 0.3) is 0 Å². The van der Waals surface area contributed by atoms with Crippen molar-refractivity contribution in [1.29, 1.82) is 0 Å². The first-order chi connectivity index (χ1) is 12.7. The summed E-state index contributed by atoms with van der Waals surface area (Å²) in [6.07, 6.45) is 8.14. The molecule has 148 valence electrons. The molecule has 6 nitrogen and oxygen atoms in total. The lowest BCUT2D eigenvalue weighted by molar-refractivity contribution is -0.134. The molecule has 1 atom stereocenters. The molecule has 0 aromatic rings. The number of amides is 1. The zero-order chi connectivity index (χ0) is 18.4. The van der Waals surface area contributed by atoms with Crippen molar-refractivity contribution in [2.75, 3.05) is 46.3 Å². The molecule has 2 aliphatic heterocycles. The lowest BCUT2D eigenvalue weighted by Crippen LogP contribution is -2.45. The smallest absolute Gasteiger partial charge is 0.225 e. The minimum Gasteiger partial charge on any atom is -0.357 e. The minimum absolute atomic E-state index is 0.292. The molecule has 0 aromatic carbocycles. The van der Waals surface area contributed by atoms with Gasteiger partial charge in [-0.2, -0.15) is 0 Å². The summed E-state index contributed by atoms with van der Waals surface area (Å²) in [6, 6.07) is 0.329. The van der Waals surface area contributed by atoms with E-state index in [1.165, 1.54) is 38.8 Å². The molecule has 26 heavy (non-hydrogen) atoms. The number of aliphatic imine (C=N–C) groups is 1. The largest absolute Gasteiger partial charge is 0.357 e. The number of nitrogens with one attached hydrogen (secondary N) is 2. The van der Waals surface area contributed by atoms with Crippen LogP contribution in [0.1, 0.15) is 51.9 Å². The predicted octanol–water partition coefficient (Wildman–Crippen LogP) is 1.67. The van der Waals surface area contributed by atoms with Crippen LogP contribution in [-0.4, -0.2) is 74.0 Å². The molecule has 2 saturated heterocycles. The number of guanidine groups is 1. The maximum absolute atomic E-state index is 12.6. The number of likely N-dealkylation sites (tertiary alicyclic amines) is 2. The Morgan fingerprint density at radius 2 is 1.81 bits per heavy atom. The van der Waals surface area contributed by atoms with E-state index in [0.717, 1.165) is 51.4 Å². The molecule has 3 rings (SSSR count). The summed E-state index contributed by atoms with van der Waals surface area (Å²) >= 11 is 0. The van der Waals surface area contributed by atoms with Crippen LogP contribution in [0.4, 0.5) is 0 Å². The average Bonchev–Trinajstić information content (AvgIpc) is 3.33. The molecule has 3 fully saturated rings. The fourth-order valence-electron chi connectivity index (χ4n) is 4.49. The van der Waals surface area contributed by atoms with Gasteiger partial charge in [-0.1, -0.05) is 12.8 Å². The predicted molar refractivity (Wildman–Crippen MR) is 106 cm³/mol. The van der Waals surface area contributed by atoms with E-state index in [1.54, 1.807) is 0 Å². The van der Waals surface area contributed by atoms with Gasteiger partial charge < -0.3 is 20.4 Å². The molecule has 0 bridgehead atoms. The maximum Gasteiger partial charge on any atom is 0.225 e. The molecule has 2 heterocycles. The van der Waals surface area contributed by atoms with Crippen molar-refractivity contribution in [2.24, 2.45) is 16.8 Å². The normalized spacial score (nSPS) is 26.5. The van der Waals surface area contributed by atoms with Gasteiger partial charge >= 0.3 is 0 Å². The van der Waals surface area contributed by atoms with E-state index in [2.05, 4.69) is 34.4 Å². The Labute approximate surface area is 158 Å². The molecule has 0 aromatic heterocycles. The Balaban J connectivity index is 1.46. The van der Waals surface area contributed by atoms with Crippen molar-refractivity contribution in [3.05, 3.63) is 0 Å². The third-order valence-electron chi connectivity index (χ3n) is 6.24. The first-order valence-corrected chi connectivity index (χ1v) is 10.7. The second kappa shape index (κ2) is 9.58. The van der Waals surface area contributed by atoms with Crippen LogP contribution in [0.15, 0.2) is 4.99 Å². The van der Waals surface area contributed by atoms with Crippen molar-refractivity contribution >= 4 is 11.9 Å². The first kappa shape index (κ1) is 19.5. The third-order valence-corrected chi connectivity index (χ3v) is 6.24. The van der Waals surface area contributed by atoms with Crippen LogP contribution in [0.2, 0.25) is 0 Å². The van der Waals surface area contributed by atoms with Crippen molar-refractivity contribution in [3.8, 4) is 0 Å². The minimum atomic E-state index is 0.292. The van der Waals surface area contributed by atoms with E-state index in [-0.39, 0.29) is 0 Å². The van der Waals surface area contributed by atoms with Crippen LogP contribution in [0.3, 0.4) is 0 Å². The molecule has 0 radical (unpaired) electrons. The summed E-state index contributed by atoms with van der Waals surface area (Å²) in [4.78, 5) is 21.9. The molecule has 1 amide bonds. The fraction of sp³-hybridized carbons (Fsp3) is 0.900. The maximum atomic E-state index is 12.6. The Morgan fingerprint density at radius 3 is 2.50 bits per heavy atom. The summed E-state index contributed by atoms with van der Waals surface area (Å²) in [6.45, 7) is 7.97. The molecule has 2 N–H and O–H groups in total. The van der Waals surface area contributed by atoms with Crippen LogP contribution in [0, 0.1) is 11.8 Å². The van der Waals surface area contributed by atoms with Crippen molar-refractivity contribution in [3.63, 3.8) is 0 Å². The molecule has 1 aliphatic carbocycles. The van der Waals surface area contributed by atoms with Crippen LogP contribution in [-0.2, 0) is 4.79 Å². The zero-order valence-electron chi connectivity index (χ0n) is 16.7. The molecule has 1 unspecified atom stereocenters. The molecular formula is C20H37N5O. The Morgan fingerprint density at radius 1 is 1.08 bits per heavy atom. The monoisotopic (exact) mass is 363 g/mol. The van der Waals surface area contributed by atoms with E-state index >= 15 is 0 Å². The quantitative estimate of drug-likeness (QED) is 0.576. The van der Waals surface area contributed by atoms with Gasteiger partial charge in [0, 0.05) is 38.1 Å². The van der Waals surface area contributed by atoms with Gasteiger partial charge in [-0.05, 0) is 65.1 Å². The van der Waals surface area contributed by atoms with E-state index < -0.39 is 0 Å². The number of nitrogens with zero attached hydrogens (tertiary/aromatic N) is 3. The Kier molecular flexibility index (Phi) is 7.17. The summed E-state index contributed by atoms with van der Waals surface area (Å²) < 4.78 is 0. The Hall–Kier alpha value is -1.30. The van der Waals surface area contributed by atoms with Gasteiger partial charge in [0.05, 0.1) is 0 Å². The van der Waals surface area contributed by atoms with Gasteiger partial charge in [-0.15, -0.1) is 0 Å². The molecular weight excluding hydrogens is 326 g/mol. The zero-order valence-corrected chi connectivity index (χ0v) is 16.7. The molecule has 3 aliphatic rings. The van der Waals surface area contributed by atoms with Crippen LogP contribution in [0.5, 0.6) is 0 Å². The highest BCUT2D eigenvalue weighted by Gasteiger charge is 2.32. The van der Waals surface area contributed by atoms with Gasteiger partial charge in [0.2, 0.25) is 5.91 Å².